The fraction of sp³-hybridized carbons (Fsp3) is 0.0714. The molecule has 95 valence electrons. The van der Waals surface area contributed by atoms with Crippen LogP contribution in [0.3, 0.4) is 0 Å². The van der Waals surface area contributed by atoms with Crippen molar-refractivity contribution in [1.29, 1.82) is 0 Å². The molecule has 0 spiro atoms. The third-order valence-electron chi connectivity index (χ3n) is 2.95. The van der Waals surface area contributed by atoms with Crippen LogP contribution in [0.4, 0.5) is 13.2 Å². The number of nitrogens with zero attached hydrogens (tertiary/aromatic N) is 2. The molecule has 0 aromatic heterocycles. The molecule has 2 aromatic rings. The van der Waals surface area contributed by atoms with E-state index < -0.39 is 11.7 Å². The van der Waals surface area contributed by atoms with Crippen LogP contribution in [0.5, 0.6) is 0 Å². The van der Waals surface area contributed by atoms with Gasteiger partial charge in [0.1, 0.15) is 11.3 Å². The molecular formula is C14H8F3N2. The summed E-state index contributed by atoms with van der Waals surface area (Å²) in [7, 11) is 0. The minimum atomic E-state index is -4.45. The van der Waals surface area contributed by atoms with Crippen molar-refractivity contribution in [3.05, 3.63) is 59.8 Å². The number of hydrogen-bond donors (Lipinski definition) is 0. The van der Waals surface area contributed by atoms with Gasteiger partial charge in [-0.25, -0.2) is 0 Å². The largest absolute Gasteiger partial charge is 0.420 e. The highest BCUT2D eigenvalue weighted by atomic mass is 19.4. The number of halogens is 3. The molecule has 3 rings (SSSR count). The second kappa shape index (κ2) is 4.12. The van der Waals surface area contributed by atoms with Crippen LogP contribution in [0.2, 0.25) is 0 Å². The van der Waals surface area contributed by atoms with Gasteiger partial charge in [-0.3, -0.25) is 0 Å². The van der Waals surface area contributed by atoms with E-state index in [1.165, 1.54) is 0 Å². The van der Waals surface area contributed by atoms with Gasteiger partial charge in [-0.15, -0.1) is 5.10 Å². The molecule has 0 unspecified atom stereocenters. The Kier molecular flexibility index (Phi) is 2.55. The van der Waals surface area contributed by atoms with Crippen LogP contribution in [0.15, 0.2) is 59.3 Å². The monoisotopic (exact) mass is 261 g/mol. The molecule has 5 heteroatoms. The molecule has 0 N–H and O–H groups in total. The quantitative estimate of drug-likeness (QED) is 0.749. The molecule has 0 amide bonds. The van der Waals surface area contributed by atoms with Gasteiger partial charge in [-0.05, 0) is 10.8 Å². The second-order valence-electron chi connectivity index (χ2n) is 4.13. The Labute approximate surface area is 107 Å². The van der Waals surface area contributed by atoms with E-state index >= 15 is 0 Å². The lowest BCUT2D eigenvalue weighted by molar-refractivity contribution is -0.0859. The predicted molar refractivity (Wildman–Crippen MR) is 66.8 cm³/mol. The molecular weight excluding hydrogens is 253 g/mol. The Bertz CT molecular complexity index is 694. The van der Waals surface area contributed by atoms with Crippen molar-refractivity contribution >= 4 is 16.5 Å². The lowest BCUT2D eigenvalue weighted by Gasteiger charge is -2.11. The maximum Gasteiger partial charge on any atom is 0.420 e. The van der Waals surface area contributed by atoms with Gasteiger partial charge in [-0.1, -0.05) is 42.5 Å². The van der Waals surface area contributed by atoms with E-state index in [4.69, 9.17) is 0 Å². The number of allylic oxidation sites excluding steroid dienone is 1. The summed E-state index contributed by atoms with van der Waals surface area (Å²) < 4.78 is 38.7. The molecule has 1 heterocycles. The van der Waals surface area contributed by atoms with Crippen LogP contribution in [-0.2, 0) is 0 Å². The summed E-state index contributed by atoms with van der Waals surface area (Å²) in [5.41, 5.74) is 2.93. The Morgan fingerprint density at radius 1 is 0.895 bits per heavy atom. The van der Waals surface area contributed by atoms with Gasteiger partial charge in [0.2, 0.25) is 0 Å². The standard InChI is InChI=1S/C14H8F3N2/c15-14(16,17)12-8-18-19-13(12)11-7-3-5-9-4-1-2-6-10(9)11/h1-8H. The van der Waals surface area contributed by atoms with Gasteiger partial charge in [0.05, 0.1) is 6.20 Å². The minimum Gasteiger partial charge on any atom is -0.166 e. The number of hydrogen-bond acceptors (Lipinski definition) is 1. The molecule has 0 aliphatic carbocycles. The van der Waals surface area contributed by atoms with Crippen LogP contribution in [0, 0.1) is 0 Å². The average molecular weight is 261 g/mol. The van der Waals surface area contributed by atoms with E-state index in [0.29, 0.717) is 5.56 Å². The first-order chi connectivity index (χ1) is 9.07. The van der Waals surface area contributed by atoms with Crippen molar-refractivity contribution in [3.8, 4) is 0 Å². The average Bonchev–Trinajstić information content (AvgIpc) is 2.87. The molecule has 0 saturated carbocycles. The summed E-state index contributed by atoms with van der Waals surface area (Å²) in [4.78, 5) is 0. The van der Waals surface area contributed by atoms with Gasteiger partial charge < -0.3 is 0 Å². The highest BCUT2D eigenvalue weighted by Crippen LogP contribution is 2.32. The Hall–Kier alpha value is -2.30. The van der Waals surface area contributed by atoms with Crippen LogP contribution < -0.4 is 5.43 Å². The van der Waals surface area contributed by atoms with Crippen molar-refractivity contribution in [1.82, 2.24) is 5.43 Å². The van der Waals surface area contributed by atoms with Crippen LogP contribution in [0.1, 0.15) is 5.56 Å². The molecule has 2 aromatic carbocycles. The molecule has 0 atom stereocenters. The number of benzene rings is 2. The maximum absolute atomic E-state index is 12.9. The molecule has 1 radical (unpaired) electrons. The lowest BCUT2D eigenvalue weighted by Crippen LogP contribution is -2.19. The second-order valence-corrected chi connectivity index (χ2v) is 4.13. The highest BCUT2D eigenvalue weighted by Gasteiger charge is 2.40. The van der Waals surface area contributed by atoms with Crippen LogP contribution in [-0.4, -0.2) is 11.9 Å². The minimum absolute atomic E-state index is 0.121. The summed E-state index contributed by atoms with van der Waals surface area (Å²) in [5, 5.41) is 5.24. The van der Waals surface area contributed by atoms with Crippen LogP contribution in [0.25, 0.3) is 10.8 Å². The van der Waals surface area contributed by atoms with E-state index in [1.54, 1.807) is 24.3 Å². The topological polar surface area (TPSA) is 26.5 Å². The summed E-state index contributed by atoms with van der Waals surface area (Å²) in [6, 6.07) is 12.4. The third-order valence-corrected chi connectivity index (χ3v) is 2.95. The predicted octanol–water partition coefficient (Wildman–Crippen LogP) is 3.61. The lowest BCUT2D eigenvalue weighted by atomic mass is 9.97. The van der Waals surface area contributed by atoms with Crippen molar-refractivity contribution < 1.29 is 13.2 Å². The number of rotatable bonds is 1. The molecule has 0 saturated heterocycles. The van der Waals surface area contributed by atoms with E-state index in [1.807, 2.05) is 18.2 Å². The van der Waals surface area contributed by atoms with Gasteiger partial charge in [0.15, 0.2) is 0 Å². The van der Waals surface area contributed by atoms with Gasteiger partial charge in [-0.2, -0.15) is 18.6 Å². The van der Waals surface area contributed by atoms with E-state index in [9.17, 15) is 13.2 Å². The summed E-state index contributed by atoms with van der Waals surface area (Å²) >= 11 is 0. The van der Waals surface area contributed by atoms with Gasteiger partial charge in [0, 0.05) is 5.56 Å². The van der Waals surface area contributed by atoms with Crippen molar-refractivity contribution in [2.45, 2.75) is 6.18 Å². The van der Waals surface area contributed by atoms with Crippen molar-refractivity contribution in [3.63, 3.8) is 0 Å². The molecule has 2 nitrogen and oxygen atoms in total. The van der Waals surface area contributed by atoms with Crippen molar-refractivity contribution in [2.75, 3.05) is 0 Å². The first kappa shape index (κ1) is 11.8. The zero-order valence-electron chi connectivity index (χ0n) is 9.65. The summed E-state index contributed by atoms with van der Waals surface area (Å²) in [6.45, 7) is 0. The Morgan fingerprint density at radius 3 is 2.42 bits per heavy atom. The fourth-order valence-electron chi connectivity index (χ4n) is 2.10. The first-order valence-electron chi connectivity index (χ1n) is 5.61. The van der Waals surface area contributed by atoms with Crippen molar-refractivity contribution in [2.24, 2.45) is 5.10 Å². The third kappa shape index (κ3) is 1.97. The Balaban J connectivity index is 2.19. The van der Waals surface area contributed by atoms with E-state index in [0.717, 1.165) is 17.0 Å². The Morgan fingerprint density at radius 2 is 1.63 bits per heavy atom. The SMILES string of the molecule is FC(F)(F)C1=C[N]N=C1c1cccc2ccccc12. The number of alkyl halides is 3. The zero-order chi connectivity index (χ0) is 13.5. The smallest absolute Gasteiger partial charge is 0.166 e. The normalized spacial score (nSPS) is 15.1. The molecule has 1 aliphatic rings. The zero-order valence-corrected chi connectivity index (χ0v) is 9.65. The highest BCUT2D eigenvalue weighted by molar-refractivity contribution is 6.20. The van der Waals surface area contributed by atoms with Crippen LogP contribution >= 0.6 is 0 Å². The van der Waals surface area contributed by atoms with E-state index in [-0.39, 0.29) is 5.71 Å². The summed E-state index contributed by atoms with van der Waals surface area (Å²) in [6.07, 6.45) is -3.69. The fourth-order valence-corrected chi connectivity index (χ4v) is 2.10. The molecule has 0 bridgehead atoms. The van der Waals surface area contributed by atoms with Gasteiger partial charge >= 0.3 is 6.18 Å². The summed E-state index contributed by atoms with van der Waals surface area (Å²) in [5.74, 6) is 0. The first-order valence-corrected chi connectivity index (χ1v) is 5.61. The molecule has 19 heavy (non-hydrogen) atoms. The maximum atomic E-state index is 12.9. The molecule has 0 fully saturated rings. The number of fused-ring (bicyclic) bond motifs is 1. The van der Waals surface area contributed by atoms with Gasteiger partial charge in [0.25, 0.3) is 0 Å². The van der Waals surface area contributed by atoms with E-state index in [2.05, 4.69) is 10.5 Å². The molecule has 1 aliphatic heterocycles.